The summed E-state index contributed by atoms with van der Waals surface area (Å²) < 4.78 is 13.0. The van der Waals surface area contributed by atoms with Gasteiger partial charge < -0.3 is 19.4 Å². The van der Waals surface area contributed by atoms with Gasteiger partial charge in [-0.1, -0.05) is 107 Å². The van der Waals surface area contributed by atoms with Crippen LogP contribution in [0.25, 0.3) is 0 Å². The largest absolute Gasteiger partial charge is 0.466 e. The van der Waals surface area contributed by atoms with E-state index in [1.807, 2.05) is 0 Å². The van der Waals surface area contributed by atoms with Crippen LogP contribution in [0.5, 0.6) is 0 Å². The predicted molar refractivity (Wildman–Crippen MR) is 186 cm³/mol. The molecule has 2 N–H and O–H groups in total. The smallest absolute Gasteiger partial charge is 0.311 e. The first-order valence-corrected chi connectivity index (χ1v) is 19.7. The number of hydrogen-bond donors (Lipinski definition) is 2. The van der Waals surface area contributed by atoms with Gasteiger partial charge in [0.05, 0.1) is 18.6 Å². The van der Waals surface area contributed by atoms with E-state index in [2.05, 4.69) is 101 Å². The van der Waals surface area contributed by atoms with E-state index in [-0.39, 0.29) is 29.1 Å². The number of benzene rings is 2. The van der Waals surface area contributed by atoms with Gasteiger partial charge in [-0.3, -0.25) is 4.79 Å². The van der Waals surface area contributed by atoms with Gasteiger partial charge in [0.15, 0.2) is 0 Å². The summed E-state index contributed by atoms with van der Waals surface area (Å²) in [5, 5.41) is 26.2. The van der Waals surface area contributed by atoms with Crippen LogP contribution in [0.1, 0.15) is 93.4 Å². The predicted octanol–water partition coefficient (Wildman–Crippen LogP) is 6.80. The molecule has 0 unspecified atom stereocenters. The lowest BCUT2D eigenvalue weighted by Gasteiger charge is -2.59. The molecule has 2 aromatic carbocycles. The molecule has 0 radical (unpaired) electrons. The molecule has 3 saturated carbocycles. The molecule has 0 bridgehead atoms. The normalized spacial score (nSPS) is 36.5. The van der Waals surface area contributed by atoms with Crippen LogP contribution < -0.4 is 10.4 Å². The standard InChI is InChI=1S/C40H56O5Si/c1-8-44-36(42)27(2)40(43)35(41)26-34-32-20-19-28-25-29(21-23-38(28,6)33(32)22-24-39(34,40)7)45-46(37(3,4)5,30-15-11-9-12-16-30)31-17-13-10-14-18-31/h9-19,27,29,32-35,41,43H,8,20-26H2,1-7H3/t27-,29+,32-,33+,34+,35-,38+,39+,40-/m1/s1. The van der Waals surface area contributed by atoms with Gasteiger partial charge in [0.25, 0.3) is 8.32 Å². The molecule has 6 heteroatoms. The summed E-state index contributed by atoms with van der Waals surface area (Å²) in [6, 6.07) is 21.9. The first kappa shape index (κ1) is 33.6. The lowest BCUT2D eigenvalue weighted by Crippen LogP contribution is -2.68. The van der Waals surface area contributed by atoms with Gasteiger partial charge >= 0.3 is 5.97 Å². The van der Waals surface area contributed by atoms with E-state index in [0.29, 0.717) is 18.3 Å². The molecule has 46 heavy (non-hydrogen) atoms. The zero-order chi connectivity index (χ0) is 33.1. The van der Waals surface area contributed by atoms with Crippen molar-refractivity contribution < 1.29 is 24.2 Å². The van der Waals surface area contributed by atoms with Gasteiger partial charge in [-0.25, -0.2) is 0 Å². The Hall–Kier alpha value is -2.25. The second kappa shape index (κ2) is 12.0. The Morgan fingerprint density at radius 2 is 1.59 bits per heavy atom. The number of aliphatic hydroxyl groups is 2. The molecule has 0 aromatic heterocycles. The highest BCUT2D eigenvalue weighted by Crippen LogP contribution is 2.68. The zero-order valence-electron chi connectivity index (χ0n) is 29.1. The third-order valence-corrected chi connectivity index (χ3v) is 18.5. The van der Waals surface area contributed by atoms with Crippen LogP contribution in [0.2, 0.25) is 5.04 Å². The number of hydrogen-bond acceptors (Lipinski definition) is 5. The quantitative estimate of drug-likeness (QED) is 0.197. The van der Waals surface area contributed by atoms with Gasteiger partial charge in [-0.15, -0.1) is 0 Å². The fourth-order valence-electron chi connectivity index (χ4n) is 11.0. The first-order valence-electron chi connectivity index (χ1n) is 17.8. The summed E-state index contributed by atoms with van der Waals surface area (Å²) >= 11 is 0. The highest BCUT2D eigenvalue weighted by molar-refractivity contribution is 6.99. The van der Waals surface area contributed by atoms with Crippen molar-refractivity contribution in [1.29, 1.82) is 0 Å². The van der Waals surface area contributed by atoms with Crippen molar-refractivity contribution in [1.82, 2.24) is 0 Å². The van der Waals surface area contributed by atoms with Crippen molar-refractivity contribution >= 4 is 24.7 Å². The van der Waals surface area contributed by atoms with Crippen LogP contribution in [0.3, 0.4) is 0 Å². The topological polar surface area (TPSA) is 76.0 Å². The molecule has 0 spiro atoms. The lowest BCUT2D eigenvalue weighted by atomic mass is 9.46. The fourth-order valence-corrected chi connectivity index (χ4v) is 15.7. The Morgan fingerprint density at radius 3 is 2.15 bits per heavy atom. The molecule has 0 amide bonds. The first-order chi connectivity index (χ1) is 21.7. The summed E-state index contributed by atoms with van der Waals surface area (Å²) in [5.41, 5.74) is -0.402. The Bertz CT molecular complexity index is 1400. The number of ether oxygens (including phenoxy) is 1. The minimum Gasteiger partial charge on any atom is -0.466 e. The van der Waals surface area contributed by atoms with E-state index in [9.17, 15) is 15.0 Å². The van der Waals surface area contributed by atoms with Crippen LogP contribution in [0.4, 0.5) is 0 Å². The lowest BCUT2D eigenvalue weighted by molar-refractivity contribution is -0.196. The Balaban J connectivity index is 1.29. The van der Waals surface area contributed by atoms with Crippen LogP contribution >= 0.6 is 0 Å². The van der Waals surface area contributed by atoms with E-state index in [1.165, 1.54) is 10.4 Å². The molecule has 0 saturated heterocycles. The molecule has 0 aliphatic heterocycles. The van der Waals surface area contributed by atoms with Gasteiger partial charge in [0.1, 0.15) is 5.60 Å². The summed E-state index contributed by atoms with van der Waals surface area (Å²) in [4.78, 5) is 12.9. The second-order valence-electron chi connectivity index (χ2n) is 16.4. The Morgan fingerprint density at radius 1 is 0.978 bits per heavy atom. The SMILES string of the molecule is CCOC(=O)[C@@H](C)[C@@]1(O)[C@H](O)C[C@H]2[C@@H]3CC=C4C[C@@H](O[Si](c5ccccc5)(c5ccccc5)C(C)(C)C)CC[C@]4(C)[C@H]3CC[C@@]21C. The van der Waals surface area contributed by atoms with Gasteiger partial charge in [-0.2, -0.15) is 0 Å². The third kappa shape index (κ3) is 4.92. The van der Waals surface area contributed by atoms with E-state index >= 15 is 0 Å². The molecule has 3 fully saturated rings. The second-order valence-corrected chi connectivity index (χ2v) is 20.7. The number of fused-ring (bicyclic) bond motifs is 5. The molecule has 5 nitrogen and oxygen atoms in total. The maximum absolute atomic E-state index is 12.9. The number of carbonyl (C=O) groups is 1. The monoisotopic (exact) mass is 644 g/mol. The van der Waals surface area contributed by atoms with Crippen molar-refractivity contribution in [3.05, 3.63) is 72.3 Å². The van der Waals surface area contributed by atoms with Crippen molar-refractivity contribution in [2.24, 2.45) is 34.5 Å². The van der Waals surface area contributed by atoms with E-state index in [1.54, 1.807) is 19.4 Å². The van der Waals surface area contributed by atoms with Crippen LogP contribution in [-0.4, -0.2) is 48.9 Å². The number of aliphatic hydroxyl groups excluding tert-OH is 1. The molecule has 4 aliphatic rings. The summed E-state index contributed by atoms with van der Waals surface area (Å²) in [5.74, 6) is -0.159. The van der Waals surface area contributed by atoms with E-state index < -0.39 is 37.3 Å². The van der Waals surface area contributed by atoms with Gasteiger partial charge in [-0.05, 0) is 97.4 Å². The molecular formula is C40H56O5Si. The maximum atomic E-state index is 12.9. The molecule has 250 valence electrons. The van der Waals surface area contributed by atoms with E-state index in [4.69, 9.17) is 9.16 Å². The molecule has 6 rings (SSSR count). The number of rotatable bonds is 7. The minimum absolute atomic E-state index is 0.0584. The van der Waals surface area contributed by atoms with Crippen LogP contribution in [0, 0.1) is 34.5 Å². The Labute approximate surface area is 277 Å². The summed E-state index contributed by atoms with van der Waals surface area (Å²) in [6.07, 6.45) is 8.08. The van der Waals surface area contributed by atoms with Crippen molar-refractivity contribution in [3.63, 3.8) is 0 Å². The molecule has 4 aliphatic carbocycles. The fraction of sp³-hybridized carbons (Fsp3) is 0.625. The summed E-state index contributed by atoms with van der Waals surface area (Å²) in [7, 11) is -2.65. The third-order valence-electron chi connectivity index (χ3n) is 13.4. The molecular weight excluding hydrogens is 589 g/mol. The minimum atomic E-state index is -2.65. The highest BCUT2D eigenvalue weighted by Gasteiger charge is 2.69. The van der Waals surface area contributed by atoms with E-state index in [0.717, 1.165) is 38.5 Å². The average molecular weight is 645 g/mol. The molecule has 9 atom stereocenters. The summed E-state index contributed by atoms with van der Waals surface area (Å²) in [6.45, 7) is 15.5. The zero-order valence-corrected chi connectivity index (χ0v) is 30.1. The highest BCUT2D eigenvalue weighted by atomic mass is 28.4. The number of esters is 1. The molecule has 0 heterocycles. The number of allylic oxidation sites excluding steroid dienone is 1. The number of carbonyl (C=O) groups excluding carboxylic acids is 1. The van der Waals surface area contributed by atoms with Gasteiger partial charge in [0, 0.05) is 11.5 Å². The van der Waals surface area contributed by atoms with Crippen molar-refractivity contribution in [2.45, 2.75) is 116 Å². The van der Waals surface area contributed by atoms with Crippen LogP contribution in [0.15, 0.2) is 72.3 Å². The average Bonchev–Trinajstić information content (AvgIpc) is 3.25. The van der Waals surface area contributed by atoms with Gasteiger partial charge in [0.2, 0.25) is 0 Å². The molecule has 2 aromatic rings. The van der Waals surface area contributed by atoms with Crippen molar-refractivity contribution in [2.75, 3.05) is 6.61 Å². The maximum Gasteiger partial charge on any atom is 0.311 e. The Kier molecular flexibility index (Phi) is 8.79. The van der Waals surface area contributed by atoms with Crippen LogP contribution in [-0.2, 0) is 14.0 Å². The van der Waals surface area contributed by atoms with Crippen molar-refractivity contribution in [3.8, 4) is 0 Å².